The van der Waals surface area contributed by atoms with E-state index in [-0.39, 0.29) is 29.9 Å². The fourth-order valence-corrected chi connectivity index (χ4v) is 4.14. The van der Waals surface area contributed by atoms with Crippen LogP contribution in [0.15, 0.2) is 12.1 Å². The molecule has 0 spiro atoms. The number of likely N-dealkylation sites (tertiary alicyclic amines) is 1. The molecule has 4 rings (SSSR count). The summed E-state index contributed by atoms with van der Waals surface area (Å²) in [6.07, 6.45) is 1.70. The van der Waals surface area contributed by atoms with Crippen molar-refractivity contribution in [3.05, 3.63) is 34.6 Å². The molecule has 3 aliphatic rings. The van der Waals surface area contributed by atoms with Crippen molar-refractivity contribution in [2.75, 3.05) is 20.1 Å². The highest BCUT2D eigenvalue weighted by molar-refractivity contribution is 6.23. The van der Waals surface area contributed by atoms with Gasteiger partial charge in [-0.15, -0.1) is 0 Å². The maximum Gasteiger partial charge on any atom is 0.262 e. The minimum atomic E-state index is -1.04. The normalized spacial score (nSPS) is 24.4. The fourth-order valence-electron chi connectivity index (χ4n) is 4.14. The number of piperidine rings is 2. The zero-order chi connectivity index (χ0) is 19.3. The number of nitrogens with zero attached hydrogens (tertiary/aromatic N) is 2. The third-order valence-corrected chi connectivity index (χ3v) is 5.72. The molecule has 0 radical (unpaired) electrons. The molecule has 1 aromatic carbocycles. The fraction of sp³-hybridized carbons (Fsp3) is 0.474. The van der Waals surface area contributed by atoms with Crippen LogP contribution < -0.4 is 5.32 Å². The van der Waals surface area contributed by atoms with Crippen LogP contribution in [0.2, 0.25) is 0 Å². The first-order valence-corrected chi connectivity index (χ1v) is 9.10. The summed E-state index contributed by atoms with van der Waals surface area (Å²) in [4.78, 5) is 52.0. The number of hydrogen-bond acceptors (Lipinski definition) is 5. The zero-order valence-corrected chi connectivity index (χ0v) is 15.0. The minimum Gasteiger partial charge on any atom is -0.306 e. The van der Waals surface area contributed by atoms with E-state index in [0.29, 0.717) is 5.56 Å². The Bertz CT molecular complexity index is 861. The van der Waals surface area contributed by atoms with E-state index in [9.17, 15) is 23.6 Å². The summed E-state index contributed by atoms with van der Waals surface area (Å²) in [6.45, 7) is 1.69. The third-order valence-electron chi connectivity index (χ3n) is 5.72. The van der Waals surface area contributed by atoms with Crippen molar-refractivity contribution in [3.8, 4) is 0 Å². The van der Waals surface area contributed by atoms with Gasteiger partial charge in [0.05, 0.1) is 11.1 Å². The average molecular weight is 373 g/mol. The first-order valence-electron chi connectivity index (χ1n) is 9.10. The summed E-state index contributed by atoms with van der Waals surface area (Å²) < 4.78 is 14.7. The molecule has 0 bridgehead atoms. The quantitative estimate of drug-likeness (QED) is 0.783. The summed E-state index contributed by atoms with van der Waals surface area (Å²) in [6, 6.07) is 1.56. The Morgan fingerprint density at radius 1 is 1.00 bits per heavy atom. The van der Waals surface area contributed by atoms with E-state index in [1.54, 1.807) is 0 Å². The Kier molecular flexibility index (Phi) is 4.30. The summed E-state index contributed by atoms with van der Waals surface area (Å²) in [7, 11) is 2.01. The lowest BCUT2D eigenvalue weighted by atomic mass is 9.87. The number of carbonyl (C=O) groups is 4. The van der Waals surface area contributed by atoms with E-state index in [4.69, 9.17) is 0 Å². The molecule has 4 amide bonds. The van der Waals surface area contributed by atoms with Gasteiger partial charge in [-0.05, 0) is 63.0 Å². The van der Waals surface area contributed by atoms with Gasteiger partial charge in [0.15, 0.2) is 0 Å². The van der Waals surface area contributed by atoms with Crippen molar-refractivity contribution in [3.63, 3.8) is 0 Å². The summed E-state index contributed by atoms with van der Waals surface area (Å²) in [5, 5.41) is 2.15. The van der Waals surface area contributed by atoms with Gasteiger partial charge in [0, 0.05) is 6.42 Å². The number of halogens is 1. The Balaban J connectivity index is 1.65. The molecule has 1 atom stereocenters. The van der Waals surface area contributed by atoms with Crippen LogP contribution >= 0.6 is 0 Å². The first-order chi connectivity index (χ1) is 12.9. The van der Waals surface area contributed by atoms with E-state index in [1.165, 1.54) is 6.07 Å². The smallest absolute Gasteiger partial charge is 0.262 e. The maximum absolute atomic E-state index is 14.7. The van der Waals surface area contributed by atoms with Gasteiger partial charge in [-0.1, -0.05) is 0 Å². The molecule has 1 unspecified atom stereocenters. The molecular weight excluding hydrogens is 353 g/mol. The van der Waals surface area contributed by atoms with Crippen molar-refractivity contribution in [2.45, 2.75) is 37.6 Å². The molecule has 7 nitrogen and oxygen atoms in total. The number of nitrogens with one attached hydrogen (secondary N) is 1. The van der Waals surface area contributed by atoms with Gasteiger partial charge in [0.25, 0.3) is 11.8 Å². The largest absolute Gasteiger partial charge is 0.306 e. The standard InChI is InChI=1S/C19H20FN3O4/c1-22-6-4-10(5-7-22)11-8-12-13(9-14(11)20)19(27)23(18(12)26)15-2-3-16(24)21-17(15)25/h8-10,15H,2-7H2,1H3,(H,21,24,25). The molecule has 27 heavy (non-hydrogen) atoms. The van der Waals surface area contributed by atoms with Crippen LogP contribution in [-0.4, -0.2) is 59.6 Å². The molecule has 2 saturated heterocycles. The second-order valence-corrected chi connectivity index (χ2v) is 7.44. The predicted molar refractivity (Wildman–Crippen MR) is 92.5 cm³/mol. The van der Waals surface area contributed by atoms with Gasteiger partial charge >= 0.3 is 0 Å². The Labute approximate surface area is 155 Å². The number of benzene rings is 1. The number of carbonyl (C=O) groups excluding carboxylic acids is 4. The highest BCUT2D eigenvalue weighted by Crippen LogP contribution is 2.35. The van der Waals surface area contributed by atoms with E-state index in [1.807, 2.05) is 7.05 Å². The summed E-state index contributed by atoms with van der Waals surface area (Å²) >= 11 is 0. The van der Waals surface area contributed by atoms with Gasteiger partial charge < -0.3 is 4.90 Å². The second kappa shape index (κ2) is 6.53. The molecule has 2 fully saturated rings. The lowest BCUT2D eigenvalue weighted by Crippen LogP contribution is -2.54. The molecule has 0 saturated carbocycles. The van der Waals surface area contributed by atoms with Crippen molar-refractivity contribution in [2.24, 2.45) is 0 Å². The Hall–Kier alpha value is -2.61. The summed E-state index contributed by atoms with van der Waals surface area (Å²) in [5.41, 5.74) is 0.576. The molecule has 3 heterocycles. The van der Waals surface area contributed by atoms with Crippen molar-refractivity contribution in [1.82, 2.24) is 15.1 Å². The van der Waals surface area contributed by atoms with E-state index < -0.39 is 35.5 Å². The predicted octanol–water partition coefficient (Wildman–Crippen LogP) is 1.04. The Morgan fingerprint density at radius 3 is 2.26 bits per heavy atom. The Morgan fingerprint density at radius 2 is 1.63 bits per heavy atom. The van der Waals surface area contributed by atoms with E-state index in [2.05, 4.69) is 10.2 Å². The minimum absolute atomic E-state index is 0.000877. The lowest BCUT2D eigenvalue weighted by molar-refractivity contribution is -0.136. The molecule has 8 heteroatoms. The SMILES string of the molecule is CN1CCC(c2cc3c(cc2F)C(=O)N(C2CCC(=O)NC2=O)C3=O)CC1. The first kappa shape index (κ1) is 17.8. The summed E-state index contributed by atoms with van der Waals surface area (Å²) in [5.74, 6) is -2.87. The molecule has 0 aromatic heterocycles. The van der Waals surface area contributed by atoms with Crippen LogP contribution in [0.4, 0.5) is 4.39 Å². The van der Waals surface area contributed by atoms with Crippen LogP contribution in [0.3, 0.4) is 0 Å². The lowest BCUT2D eigenvalue weighted by Gasteiger charge is -2.29. The van der Waals surface area contributed by atoms with Gasteiger partial charge in [0.2, 0.25) is 11.8 Å². The second-order valence-electron chi connectivity index (χ2n) is 7.44. The molecule has 1 N–H and O–H groups in total. The number of rotatable bonds is 2. The molecule has 3 aliphatic heterocycles. The number of imide groups is 2. The number of fused-ring (bicyclic) bond motifs is 1. The monoisotopic (exact) mass is 373 g/mol. The topological polar surface area (TPSA) is 86.8 Å². The van der Waals surface area contributed by atoms with Crippen LogP contribution in [-0.2, 0) is 9.59 Å². The average Bonchev–Trinajstić information content (AvgIpc) is 2.86. The van der Waals surface area contributed by atoms with Crippen LogP contribution in [0.25, 0.3) is 0 Å². The molecular formula is C19H20FN3O4. The maximum atomic E-state index is 14.7. The number of hydrogen-bond donors (Lipinski definition) is 1. The van der Waals surface area contributed by atoms with Gasteiger partial charge in [-0.3, -0.25) is 29.4 Å². The van der Waals surface area contributed by atoms with Crippen molar-refractivity contribution in [1.29, 1.82) is 0 Å². The highest BCUT2D eigenvalue weighted by atomic mass is 19.1. The van der Waals surface area contributed by atoms with E-state index >= 15 is 0 Å². The number of amides is 4. The highest BCUT2D eigenvalue weighted by Gasteiger charge is 2.45. The van der Waals surface area contributed by atoms with Gasteiger partial charge in [-0.25, -0.2) is 4.39 Å². The molecule has 0 aliphatic carbocycles. The van der Waals surface area contributed by atoms with Gasteiger partial charge in [0.1, 0.15) is 11.9 Å². The van der Waals surface area contributed by atoms with Crippen LogP contribution in [0, 0.1) is 5.82 Å². The molecule has 142 valence electrons. The van der Waals surface area contributed by atoms with Crippen LogP contribution in [0.1, 0.15) is 57.9 Å². The van der Waals surface area contributed by atoms with Crippen LogP contribution in [0.5, 0.6) is 0 Å². The van der Waals surface area contributed by atoms with E-state index in [0.717, 1.165) is 36.9 Å². The third kappa shape index (κ3) is 2.93. The molecule has 1 aromatic rings. The van der Waals surface area contributed by atoms with Crippen molar-refractivity contribution >= 4 is 23.6 Å². The van der Waals surface area contributed by atoms with Crippen molar-refractivity contribution < 1.29 is 23.6 Å². The van der Waals surface area contributed by atoms with Gasteiger partial charge in [-0.2, -0.15) is 0 Å². The zero-order valence-electron chi connectivity index (χ0n) is 15.0.